The van der Waals surface area contributed by atoms with Crippen LogP contribution in [0.5, 0.6) is 0 Å². The average molecular weight is 370 g/mol. The molecule has 96 valence electrons. The van der Waals surface area contributed by atoms with E-state index in [1.165, 1.54) is 30.6 Å². The van der Waals surface area contributed by atoms with Gasteiger partial charge in [-0.15, -0.1) is 0 Å². The maximum atomic E-state index is 12.0. The standard InChI is InChI=1S/C11H7IN4O3/c12-9-3-2-7(16(18)19)6-8(9)10(17)15-11-13-4-1-5-14-11/h1-6H,(H,13,14,15,17). The van der Waals surface area contributed by atoms with E-state index < -0.39 is 10.8 Å². The number of rotatable bonds is 3. The van der Waals surface area contributed by atoms with Crippen LogP contribution in [0, 0.1) is 13.7 Å². The van der Waals surface area contributed by atoms with Gasteiger partial charge < -0.3 is 0 Å². The SMILES string of the molecule is O=C(Nc1ncccn1)c1cc([N+](=O)[O-])ccc1I. The number of nitro groups is 1. The van der Waals surface area contributed by atoms with Gasteiger partial charge in [0.1, 0.15) is 0 Å². The molecule has 1 amide bonds. The molecule has 0 saturated heterocycles. The van der Waals surface area contributed by atoms with Crippen molar-refractivity contribution in [3.63, 3.8) is 0 Å². The summed E-state index contributed by atoms with van der Waals surface area (Å²) in [4.78, 5) is 29.8. The molecule has 0 fully saturated rings. The molecule has 0 aliphatic heterocycles. The van der Waals surface area contributed by atoms with E-state index in [1.54, 1.807) is 6.07 Å². The second-order valence-electron chi connectivity index (χ2n) is 3.45. The van der Waals surface area contributed by atoms with Gasteiger partial charge in [0.05, 0.1) is 10.5 Å². The molecule has 0 unspecified atom stereocenters. The fourth-order valence-electron chi connectivity index (χ4n) is 1.33. The molecule has 0 bridgehead atoms. The van der Waals surface area contributed by atoms with Gasteiger partial charge in [0.2, 0.25) is 5.95 Å². The molecule has 19 heavy (non-hydrogen) atoms. The molecule has 1 heterocycles. The Morgan fingerprint density at radius 2 is 2.00 bits per heavy atom. The summed E-state index contributed by atoms with van der Waals surface area (Å²) < 4.78 is 0.608. The molecule has 0 atom stereocenters. The zero-order valence-electron chi connectivity index (χ0n) is 9.41. The van der Waals surface area contributed by atoms with Crippen LogP contribution in [-0.2, 0) is 0 Å². The molecule has 1 aromatic heterocycles. The van der Waals surface area contributed by atoms with E-state index in [4.69, 9.17) is 0 Å². The molecule has 8 heteroatoms. The summed E-state index contributed by atoms with van der Waals surface area (Å²) in [5.41, 5.74) is 0.0711. The van der Waals surface area contributed by atoms with Crippen molar-refractivity contribution >= 4 is 40.1 Å². The van der Waals surface area contributed by atoms with Crippen LogP contribution >= 0.6 is 22.6 Å². The highest BCUT2D eigenvalue weighted by molar-refractivity contribution is 14.1. The number of carbonyl (C=O) groups is 1. The monoisotopic (exact) mass is 370 g/mol. The lowest BCUT2D eigenvalue weighted by molar-refractivity contribution is -0.384. The van der Waals surface area contributed by atoms with Crippen LogP contribution in [0.25, 0.3) is 0 Å². The van der Waals surface area contributed by atoms with Crippen LogP contribution in [0.1, 0.15) is 10.4 Å². The van der Waals surface area contributed by atoms with E-state index in [0.717, 1.165) is 0 Å². The van der Waals surface area contributed by atoms with Gasteiger partial charge in [-0.2, -0.15) is 0 Å². The third-order valence-corrected chi connectivity index (χ3v) is 3.14. The van der Waals surface area contributed by atoms with Gasteiger partial charge in [-0.25, -0.2) is 9.97 Å². The van der Waals surface area contributed by atoms with Gasteiger partial charge in [-0.1, -0.05) is 0 Å². The highest BCUT2D eigenvalue weighted by Gasteiger charge is 2.16. The van der Waals surface area contributed by atoms with Gasteiger partial charge in [-0.3, -0.25) is 20.2 Å². The van der Waals surface area contributed by atoms with Crippen LogP contribution < -0.4 is 5.32 Å². The lowest BCUT2D eigenvalue weighted by atomic mass is 10.2. The summed E-state index contributed by atoms with van der Waals surface area (Å²) in [6, 6.07) is 5.70. The Kier molecular flexibility index (Phi) is 4.00. The highest BCUT2D eigenvalue weighted by atomic mass is 127. The van der Waals surface area contributed by atoms with Crippen molar-refractivity contribution in [1.82, 2.24) is 9.97 Å². The average Bonchev–Trinajstić information content (AvgIpc) is 2.40. The Hall–Kier alpha value is -2.10. The minimum absolute atomic E-state index is 0.139. The molecular formula is C11H7IN4O3. The predicted molar refractivity (Wildman–Crippen MR) is 75.8 cm³/mol. The van der Waals surface area contributed by atoms with Gasteiger partial charge in [0, 0.05) is 28.1 Å². The Labute approximate surface area is 121 Å². The second kappa shape index (κ2) is 5.69. The maximum absolute atomic E-state index is 12.0. The predicted octanol–water partition coefficient (Wildman–Crippen LogP) is 2.24. The Morgan fingerprint density at radius 1 is 1.32 bits per heavy atom. The maximum Gasteiger partial charge on any atom is 0.270 e. The van der Waals surface area contributed by atoms with Gasteiger partial charge >= 0.3 is 0 Å². The van der Waals surface area contributed by atoms with Crippen molar-refractivity contribution in [3.05, 3.63) is 55.9 Å². The molecule has 7 nitrogen and oxygen atoms in total. The van der Waals surface area contributed by atoms with Crippen molar-refractivity contribution in [2.75, 3.05) is 5.32 Å². The fraction of sp³-hybridized carbons (Fsp3) is 0. The third-order valence-electron chi connectivity index (χ3n) is 2.20. The van der Waals surface area contributed by atoms with Gasteiger partial charge in [-0.05, 0) is 34.7 Å². The number of carbonyl (C=O) groups excluding carboxylic acids is 1. The minimum Gasteiger partial charge on any atom is -0.290 e. The number of nitrogens with zero attached hydrogens (tertiary/aromatic N) is 3. The van der Waals surface area contributed by atoms with Crippen molar-refractivity contribution in [2.24, 2.45) is 0 Å². The van der Waals surface area contributed by atoms with Crippen LogP contribution in [0.3, 0.4) is 0 Å². The summed E-state index contributed by atoms with van der Waals surface area (Å²) in [6.07, 6.45) is 2.97. The number of hydrogen-bond acceptors (Lipinski definition) is 5. The molecule has 2 aromatic rings. The van der Waals surface area contributed by atoms with Crippen molar-refractivity contribution in [1.29, 1.82) is 0 Å². The Balaban J connectivity index is 2.28. The van der Waals surface area contributed by atoms with E-state index in [0.29, 0.717) is 3.57 Å². The topological polar surface area (TPSA) is 98.0 Å². The van der Waals surface area contributed by atoms with Crippen LogP contribution in [0.15, 0.2) is 36.7 Å². The second-order valence-corrected chi connectivity index (χ2v) is 4.61. The van der Waals surface area contributed by atoms with E-state index >= 15 is 0 Å². The third kappa shape index (κ3) is 3.22. The Morgan fingerprint density at radius 3 is 2.63 bits per heavy atom. The Bertz CT molecular complexity index is 633. The number of halogens is 1. The molecule has 0 spiro atoms. The van der Waals surface area contributed by atoms with Crippen molar-refractivity contribution < 1.29 is 9.72 Å². The largest absolute Gasteiger partial charge is 0.290 e. The highest BCUT2D eigenvalue weighted by Crippen LogP contribution is 2.20. The molecule has 0 radical (unpaired) electrons. The molecule has 2 rings (SSSR count). The zero-order valence-corrected chi connectivity index (χ0v) is 11.6. The number of nitrogens with one attached hydrogen (secondary N) is 1. The lowest BCUT2D eigenvalue weighted by Crippen LogP contribution is -2.15. The summed E-state index contributed by atoms with van der Waals surface area (Å²) in [6.45, 7) is 0. The molecule has 0 saturated carbocycles. The first-order valence-corrected chi connectivity index (χ1v) is 6.18. The molecule has 0 aliphatic rings. The van der Waals surface area contributed by atoms with Gasteiger partial charge in [0.25, 0.3) is 11.6 Å². The molecule has 0 aliphatic carbocycles. The van der Waals surface area contributed by atoms with Crippen LogP contribution in [0.4, 0.5) is 11.6 Å². The number of anilines is 1. The summed E-state index contributed by atoms with van der Waals surface area (Å²) in [5, 5.41) is 13.2. The number of benzene rings is 1. The zero-order chi connectivity index (χ0) is 13.8. The first-order chi connectivity index (χ1) is 9.08. The smallest absolute Gasteiger partial charge is 0.270 e. The van der Waals surface area contributed by atoms with Crippen LogP contribution in [-0.4, -0.2) is 20.8 Å². The molecular weight excluding hydrogens is 363 g/mol. The van der Waals surface area contributed by atoms with E-state index in [2.05, 4.69) is 15.3 Å². The fourth-order valence-corrected chi connectivity index (χ4v) is 1.91. The number of amides is 1. The molecule has 1 N–H and O–H groups in total. The normalized spacial score (nSPS) is 9.95. The number of nitro benzene ring substituents is 1. The number of hydrogen-bond donors (Lipinski definition) is 1. The quantitative estimate of drug-likeness (QED) is 0.508. The van der Waals surface area contributed by atoms with E-state index in [1.807, 2.05) is 22.6 Å². The first-order valence-electron chi connectivity index (χ1n) is 5.10. The summed E-state index contributed by atoms with van der Waals surface area (Å²) in [7, 11) is 0. The minimum atomic E-state index is -0.550. The molecule has 1 aromatic carbocycles. The van der Waals surface area contributed by atoms with E-state index in [9.17, 15) is 14.9 Å². The summed E-state index contributed by atoms with van der Waals surface area (Å²) >= 11 is 1.93. The number of non-ortho nitro benzene ring substituents is 1. The van der Waals surface area contributed by atoms with Crippen LogP contribution in [0.2, 0.25) is 0 Å². The van der Waals surface area contributed by atoms with Crippen molar-refractivity contribution in [2.45, 2.75) is 0 Å². The van der Waals surface area contributed by atoms with Crippen molar-refractivity contribution in [3.8, 4) is 0 Å². The first kappa shape index (κ1) is 13.3. The van der Waals surface area contributed by atoms with Gasteiger partial charge in [0.15, 0.2) is 0 Å². The lowest BCUT2D eigenvalue weighted by Gasteiger charge is -2.05. The summed E-state index contributed by atoms with van der Waals surface area (Å²) in [5.74, 6) is -0.339. The number of aromatic nitrogens is 2. The van der Waals surface area contributed by atoms with E-state index in [-0.39, 0.29) is 17.2 Å².